The first-order valence-electron chi connectivity index (χ1n) is 12.5. The molecule has 30 heavy (non-hydrogen) atoms. The summed E-state index contributed by atoms with van der Waals surface area (Å²) < 4.78 is 6.11. The normalized spacial score (nSPS) is 20.8. The Hall–Kier alpha value is -1.10. The molecule has 170 valence electrons. The van der Waals surface area contributed by atoms with Crippen molar-refractivity contribution in [2.75, 3.05) is 50.8 Å². The fourth-order valence-corrected chi connectivity index (χ4v) is 4.73. The number of likely N-dealkylation sites (tertiary alicyclic amines) is 1. The lowest BCUT2D eigenvalue weighted by Gasteiger charge is -2.39. The molecule has 4 heteroatoms. The molecule has 2 saturated heterocycles. The van der Waals surface area contributed by atoms with Crippen molar-refractivity contribution in [2.24, 2.45) is 5.92 Å². The quantitative estimate of drug-likeness (QED) is 0.499. The first-order valence-corrected chi connectivity index (χ1v) is 12.5. The zero-order chi connectivity index (χ0) is 21.3. The van der Waals surface area contributed by atoms with Crippen LogP contribution in [0.1, 0.15) is 65.4 Å². The van der Waals surface area contributed by atoms with E-state index in [9.17, 15) is 0 Å². The van der Waals surface area contributed by atoms with Gasteiger partial charge in [0.25, 0.3) is 0 Å². The molecular weight excluding hydrogens is 370 g/mol. The van der Waals surface area contributed by atoms with E-state index in [2.05, 4.69) is 66.7 Å². The monoisotopic (exact) mass is 415 g/mol. The van der Waals surface area contributed by atoms with Crippen molar-refractivity contribution < 1.29 is 4.74 Å². The van der Waals surface area contributed by atoms with E-state index in [0.717, 1.165) is 45.2 Å². The Morgan fingerprint density at radius 2 is 1.60 bits per heavy atom. The van der Waals surface area contributed by atoms with Gasteiger partial charge in [-0.2, -0.15) is 0 Å². The van der Waals surface area contributed by atoms with E-state index < -0.39 is 0 Å². The van der Waals surface area contributed by atoms with Crippen LogP contribution in [-0.2, 0) is 11.3 Å². The number of anilines is 1. The molecule has 0 aromatic heterocycles. The summed E-state index contributed by atoms with van der Waals surface area (Å²) in [6, 6.07) is 10.1. The Bertz CT molecular complexity index is 587. The van der Waals surface area contributed by atoms with Gasteiger partial charge in [0.15, 0.2) is 0 Å². The minimum atomic E-state index is 0.477. The molecule has 1 unspecified atom stereocenters. The van der Waals surface area contributed by atoms with Gasteiger partial charge in [-0.3, -0.25) is 9.80 Å². The molecule has 4 nitrogen and oxygen atoms in total. The van der Waals surface area contributed by atoms with Crippen LogP contribution in [0.2, 0.25) is 0 Å². The van der Waals surface area contributed by atoms with Crippen LogP contribution in [0.5, 0.6) is 0 Å². The van der Waals surface area contributed by atoms with Crippen molar-refractivity contribution in [2.45, 2.75) is 78.5 Å². The van der Waals surface area contributed by atoms with Crippen LogP contribution in [0.4, 0.5) is 5.69 Å². The molecule has 3 rings (SSSR count). The number of ether oxygens (including phenoxy) is 1. The lowest BCUT2D eigenvalue weighted by Crippen LogP contribution is -2.49. The van der Waals surface area contributed by atoms with E-state index in [1.54, 1.807) is 0 Å². The van der Waals surface area contributed by atoms with E-state index in [-0.39, 0.29) is 0 Å². The Balaban J connectivity index is 1.36. The second-order valence-electron chi connectivity index (χ2n) is 9.83. The van der Waals surface area contributed by atoms with E-state index >= 15 is 0 Å². The SMILES string of the molecule is CCC(C)N1CCN(c2ccc(CN3CCC(OCCCC(C)C)CC3)cc2)CC1. The molecule has 2 aliphatic rings. The Labute approximate surface area is 185 Å². The van der Waals surface area contributed by atoms with Crippen LogP contribution in [0.15, 0.2) is 24.3 Å². The average molecular weight is 416 g/mol. The molecular formula is C26H45N3O. The van der Waals surface area contributed by atoms with E-state index in [4.69, 9.17) is 4.74 Å². The third-order valence-corrected chi connectivity index (χ3v) is 7.05. The molecule has 0 N–H and O–H groups in total. The number of benzene rings is 1. The van der Waals surface area contributed by atoms with Crippen LogP contribution in [0.3, 0.4) is 0 Å². The third kappa shape index (κ3) is 7.25. The van der Waals surface area contributed by atoms with E-state index in [1.165, 1.54) is 56.4 Å². The van der Waals surface area contributed by atoms with Crippen molar-refractivity contribution in [1.29, 1.82) is 0 Å². The van der Waals surface area contributed by atoms with Gasteiger partial charge in [0, 0.05) is 64.1 Å². The van der Waals surface area contributed by atoms with Gasteiger partial charge in [0.2, 0.25) is 0 Å². The molecule has 2 heterocycles. The summed E-state index contributed by atoms with van der Waals surface area (Å²) in [6.07, 6.45) is 6.57. The largest absolute Gasteiger partial charge is 0.378 e. The second kappa shape index (κ2) is 12.1. The lowest BCUT2D eigenvalue weighted by molar-refractivity contribution is 0.00360. The van der Waals surface area contributed by atoms with Crippen molar-refractivity contribution in [3.8, 4) is 0 Å². The number of nitrogens with zero attached hydrogens (tertiary/aromatic N) is 3. The first kappa shape index (κ1) is 23.6. The van der Waals surface area contributed by atoms with Crippen molar-refractivity contribution in [3.63, 3.8) is 0 Å². The smallest absolute Gasteiger partial charge is 0.0599 e. The molecule has 1 aromatic carbocycles. The second-order valence-corrected chi connectivity index (χ2v) is 9.83. The highest BCUT2D eigenvalue weighted by Gasteiger charge is 2.21. The molecule has 2 aliphatic heterocycles. The molecule has 0 bridgehead atoms. The molecule has 2 fully saturated rings. The fraction of sp³-hybridized carbons (Fsp3) is 0.769. The molecule has 1 aromatic rings. The Morgan fingerprint density at radius 3 is 2.20 bits per heavy atom. The van der Waals surface area contributed by atoms with Crippen molar-refractivity contribution in [3.05, 3.63) is 29.8 Å². The van der Waals surface area contributed by atoms with Gasteiger partial charge >= 0.3 is 0 Å². The van der Waals surface area contributed by atoms with Gasteiger partial charge in [-0.1, -0.05) is 32.9 Å². The highest BCUT2D eigenvalue weighted by atomic mass is 16.5. The van der Waals surface area contributed by atoms with E-state index in [1.807, 2.05) is 0 Å². The summed E-state index contributed by atoms with van der Waals surface area (Å²) in [6.45, 7) is 18.2. The third-order valence-electron chi connectivity index (χ3n) is 7.05. The predicted molar refractivity (Wildman–Crippen MR) is 128 cm³/mol. The first-order chi connectivity index (χ1) is 14.5. The van der Waals surface area contributed by atoms with Gasteiger partial charge in [0.05, 0.1) is 6.10 Å². The van der Waals surface area contributed by atoms with Gasteiger partial charge in [-0.25, -0.2) is 0 Å². The number of hydrogen-bond acceptors (Lipinski definition) is 4. The van der Waals surface area contributed by atoms with Gasteiger partial charge in [-0.05, 0) is 62.6 Å². The van der Waals surface area contributed by atoms with Crippen molar-refractivity contribution in [1.82, 2.24) is 9.80 Å². The van der Waals surface area contributed by atoms with Crippen LogP contribution >= 0.6 is 0 Å². The summed E-state index contributed by atoms with van der Waals surface area (Å²) in [7, 11) is 0. The van der Waals surface area contributed by atoms with Crippen LogP contribution in [0, 0.1) is 5.92 Å². The zero-order valence-corrected chi connectivity index (χ0v) is 20.0. The van der Waals surface area contributed by atoms with Crippen LogP contribution in [-0.4, -0.2) is 67.8 Å². The highest BCUT2D eigenvalue weighted by Crippen LogP contribution is 2.21. The molecule has 0 aliphatic carbocycles. The van der Waals surface area contributed by atoms with Gasteiger partial charge in [0.1, 0.15) is 0 Å². The van der Waals surface area contributed by atoms with E-state index in [0.29, 0.717) is 12.1 Å². The number of hydrogen-bond donors (Lipinski definition) is 0. The van der Waals surface area contributed by atoms with Crippen molar-refractivity contribution >= 4 is 5.69 Å². The molecule has 1 atom stereocenters. The van der Waals surface area contributed by atoms with Crippen LogP contribution in [0.25, 0.3) is 0 Å². The minimum absolute atomic E-state index is 0.477. The molecule has 0 saturated carbocycles. The number of rotatable bonds is 10. The standard InChI is InChI=1S/C26H45N3O/c1-5-23(4)28-16-18-29(19-17-28)25-10-8-24(9-11-25)21-27-14-12-26(13-15-27)30-20-6-7-22(2)3/h8-11,22-23,26H,5-7,12-21H2,1-4H3. The van der Waals surface area contributed by atoms with Gasteiger partial charge < -0.3 is 9.64 Å². The Kier molecular flexibility index (Phi) is 9.48. The molecule has 0 spiro atoms. The average Bonchev–Trinajstić information content (AvgIpc) is 2.78. The molecule has 0 amide bonds. The maximum Gasteiger partial charge on any atom is 0.0599 e. The fourth-order valence-electron chi connectivity index (χ4n) is 4.73. The maximum absolute atomic E-state index is 6.11. The summed E-state index contributed by atoms with van der Waals surface area (Å²) in [5.41, 5.74) is 2.82. The number of piperazine rings is 1. The van der Waals surface area contributed by atoms with Gasteiger partial charge in [-0.15, -0.1) is 0 Å². The van der Waals surface area contributed by atoms with Crippen LogP contribution < -0.4 is 4.90 Å². The summed E-state index contributed by atoms with van der Waals surface area (Å²) in [4.78, 5) is 7.77. The molecule has 0 radical (unpaired) electrons. The Morgan fingerprint density at radius 1 is 0.933 bits per heavy atom. The zero-order valence-electron chi connectivity index (χ0n) is 20.0. The number of piperidine rings is 1. The topological polar surface area (TPSA) is 19.0 Å². The summed E-state index contributed by atoms with van der Waals surface area (Å²) >= 11 is 0. The minimum Gasteiger partial charge on any atom is -0.378 e. The highest BCUT2D eigenvalue weighted by molar-refractivity contribution is 5.48. The lowest BCUT2D eigenvalue weighted by atomic mass is 10.1. The predicted octanol–water partition coefficient (Wildman–Crippen LogP) is 5.02. The summed E-state index contributed by atoms with van der Waals surface area (Å²) in [5.74, 6) is 0.788. The summed E-state index contributed by atoms with van der Waals surface area (Å²) in [5, 5.41) is 0. The maximum atomic E-state index is 6.11.